The predicted molar refractivity (Wildman–Crippen MR) is 101 cm³/mol. The van der Waals surface area contributed by atoms with Gasteiger partial charge in [-0.05, 0) is 31.2 Å². The lowest BCUT2D eigenvalue weighted by atomic mass is 9.95. The van der Waals surface area contributed by atoms with Gasteiger partial charge < -0.3 is 14.6 Å². The minimum absolute atomic E-state index is 0.0312. The molecule has 1 unspecified atom stereocenters. The van der Waals surface area contributed by atoms with E-state index in [1.54, 1.807) is 18.0 Å². The SMILES string of the molecule is CSCC(C)C(=O)N1CCC(C(=O)Nc2ccc3nccn3c2)CC1. The average Bonchev–Trinajstić information content (AvgIpc) is 3.09. The molecule has 0 aliphatic carbocycles. The van der Waals surface area contributed by atoms with Gasteiger partial charge in [0.05, 0.1) is 5.69 Å². The van der Waals surface area contributed by atoms with E-state index in [4.69, 9.17) is 0 Å². The van der Waals surface area contributed by atoms with Gasteiger partial charge in [0, 0.05) is 49.3 Å². The summed E-state index contributed by atoms with van der Waals surface area (Å²) in [5.74, 6) is 1.08. The Morgan fingerprint density at radius 2 is 2.12 bits per heavy atom. The molecule has 1 fully saturated rings. The van der Waals surface area contributed by atoms with Crippen LogP contribution in [-0.4, -0.2) is 51.2 Å². The van der Waals surface area contributed by atoms with Crippen molar-refractivity contribution in [2.75, 3.05) is 30.4 Å². The van der Waals surface area contributed by atoms with Crippen molar-refractivity contribution in [3.05, 3.63) is 30.7 Å². The van der Waals surface area contributed by atoms with E-state index in [1.165, 1.54) is 0 Å². The molecule has 6 nitrogen and oxygen atoms in total. The summed E-state index contributed by atoms with van der Waals surface area (Å²) in [4.78, 5) is 31.0. The van der Waals surface area contributed by atoms with E-state index in [9.17, 15) is 9.59 Å². The summed E-state index contributed by atoms with van der Waals surface area (Å²) in [6.45, 7) is 3.30. The number of carbonyl (C=O) groups excluding carboxylic acids is 2. The first-order chi connectivity index (χ1) is 12.1. The highest BCUT2D eigenvalue weighted by Crippen LogP contribution is 2.21. The number of aromatic nitrogens is 2. The van der Waals surface area contributed by atoms with Crippen LogP contribution >= 0.6 is 11.8 Å². The lowest BCUT2D eigenvalue weighted by Crippen LogP contribution is -2.43. The fraction of sp³-hybridized carbons (Fsp3) is 0.500. The van der Waals surface area contributed by atoms with Gasteiger partial charge in [-0.15, -0.1) is 0 Å². The molecule has 1 aliphatic heterocycles. The number of hydrogen-bond donors (Lipinski definition) is 1. The molecule has 2 aromatic heterocycles. The second-order valence-corrected chi connectivity index (χ2v) is 7.47. The molecule has 0 saturated carbocycles. The molecule has 0 radical (unpaired) electrons. The number of imidazole rings is 1. The maximum atomic E-state index is 12.5. The van der Waals surface area contributed by atoms with E-state index >= 15 is 0 Å². The van der Waals surface area contributed by atoms with Crippen LogP contribution in [0.25, 0.3) is 5.65 Å². The van der Waals surface area contributed by atoms with Crippen molar-refractivity contribution in [2.45, 2.75) is 19.8 Å². The van der Waals surface area contributed by atoms with Gasteiger partial charge >= 0.3 is 0 Å². The van der Waals surface area contributed by atoms with Crippen LogP contribution in [0.15, 0.2) is 30.7 Å². The summed E-state index contributed by atoms with van der Waals surface area (Å²) in [6, 6.07) is 3.74. The van der Waals surface area contributed by atoms with Gasteiger partial charge in [0.1, 0.15) is 5.65 Å². The van der Waals surface area contributed by atoms with Crippen molar-refractivity contribution < 1.29 is 9.59 Å². The van der Waals surface area contributed by atoms with Gasteiger partial charge in [-0.3, -0.25) is 9.59 Å². The van der Waals surface area contributed by atoms with Crippen LogP contribution < -0.4 is 5.32 Å². The standard InChI is InChI=1S/C18H24N4O2S/c1-13(12-25-2)18(24)21-8-5-14(6-9-21)17(23)20-15-3-4-16-19-7-10-22(16)11-15/h3-4,7,10-11,13-14H,5-6,8-9,12H2,1-2H3,(H,20,23). The molecular formula is C18H24N4O2S. The molecule has 134 valence electrons. The molecule has 2 amide bonds. The maximum Gasteiger partial charge on any atom is 0.227 e. The highest BCUT2D eigenvalue weighted by atomic mass is 32.2. The number of thioether (sulfide) groups is 1. The molecule has 7 heteroatoms. The van der Waals surface area contributed by atoms with E-state index < -0.39 is 0 Å². The molecule has 0 aromatic carbocycles. The minimum Gasteiger partial charge on any atom is -0.342 e. The molecule has 1 saturated heterocycles. The number of amides is 2. The number of rotatable bonds is 5. The van der Waals surface area contributed by atoms with E-state index in [1.807, 2.05) is 47.0 Å². The van der Waals surface area contributed by atoms with Crippen molar-refractivity contribution in [1.29, 1.82) is 0 Å². The molecule has 1 atom stereocenters. The number of nitrogens with zero attached hydrogens (tertiary/aromatic N) is 3. The fourth-order valence-corrected chi connectivity index (χ4v) is 3.88. The Hall–Kier alpha value is -2.02. The molecule has 1 aliphatic rings. The molecular weight excluding hydrogens is 336 g/mol. The Kier molecular flexibility index (Phi) is 5.63. The van der Waals surface area contributed by atoms with E-state index in [0.29, 0.717) is 13.1 Å². The number of piperidine rings is 1. The Morgan fingerprint density at radius 3 is 2.84 bits per heavy atom. The zero-order chi connectivity index (χ0) is 17.8. The zero-order valence-electron chi connectivity index (χ0n) is 14.6. The van der Waals surface area contributed by atoms with E-state index in [0.717, 1.165) is 29.9 Å². The second-order valence-electron chi connectivity index (χ2n) is 6.56. The third-order valence-corrected chi connectivity index (χ3v) is 5.51. The number of carbonyl (C=O) groups is 2. The monoisotopic (exact) mass is 360 g/mol. The van der Waals surface area contributed by atoms with Gasteiger partial charge in [0.15, 0.2) is 0 Å². The topological polar surface area (TPSA) is 66.7 Å². The molecule has 25 heavy (non-hydrogen) atoms. The van der Waals surface area contributed by atoms with Gasteiger partial charge in [0.25, 0.3) is 0 Å². The summed E-state index contributed by atoms with van der Waals surface area (Å²) >= 11 is 1.69. The number of fused-ring (bicyclic) bond motifs is 1. The summed E-state index contributed by atoms with van der Waals surface area (Å²) in [7, 11) is 0. The molecule has 3 heterocycles. The third-order valence-electron chi connectivity index (χ3n) is 4.67. The van der Waals surface area contributed by atoms with Crippen molar-refractivity contribution in [2.24, 2.45) is 11.8 Å². The van der Waals surface area contributed by atoms with Gasteiger partial charge in [-0.1, -0.05) is 6.92 Å². The van der Waals surface area contributed by atoms with Gasteiger partial charge in [-0.25, -0.2) is 4.98 Å². The van der Waals surface area contributed by atoms with Crippen molar-refractivity contribution in [1.82, 2.24) is 14.3 Å². The van der Waals surface area contributed by atoms with Crippen LogP contribution in [0.5, 0.6) is 0 Å². The second kappa shape index (κ2) is 7.91. The lowest BCUT2D eigenvalue weighted by Gasteiger charge is -2.33. The summed E-state index contributed by atoms with van der Waals surface area (Å²) < 4.78 is 1.88. The van der Waals surface area contributed by atoms with Crippen molar-refractivity contribution >= 4 is 34.9 Å². The number of pyridine rings is 1. The van der Waals surface area contributed by atoms with Gasteiger partial charge in [0.2, 0.25) is 11.8 Å². The number of nitrogens with one attached hydrogen (secondary N) is 1. The Morgan fingerprint density at radius 1 is 1.36 bits per heavy atom. The first kappa shape index (κ1) is 17.8. The highest BCUT2D eigenvalue weighted by Gasteiger charge is 2.29. The van der Waals surface area contributed by atoms with Crippen molar-refractivity contribution in [3.63, 3.8) is 0 Å². The number of hydrogen-bond acceptors (Lipinski definition) is 4. The van der Waals surface area contributed by atoms with E-state index in [2.05, 4.69) is 10.3 Å². The Labute approximate surface area is 152 Å². The molecule has 3 rings (SSSR count). The first-order valence-corrected chi connectivity index (χ1v) is 9.99. The number of anilines is 1. The van der Waals surface area contributed by atoms with E-state index in [-0.39, 0.29) is 23.7 Å². The molecule has 1 N–H and O–H groups in total. The van der Waals surface area contributed by atoms with Crippen LogP contribution in [-0.2, 0) is 9.59 Å². The summed E-state index contributed by atoms with van der Waals surface area (Å²) in [5, 5.41) is 2.99. The number of likely N-dealkylation sites (tertiary alicyclic amines) is 1. The molecule has 2 aromatic rings. The smallest absolute Gasteiger partial charge is 0.227 e. The fourth-order valence-electron chi connectivity index (χ4n) is 3.23. The highest BCUT2D eigenvalue weighted by molar-refractivity contribution is 7.98. The summed E-state index contributed by atoms with van der Waals surface area (Å²) in [6.07, 6.45) is 8.90. The maximum absolute atomic E-state index is 12.5. The average molecular weight is 360 g/mol. The zero-order valence-corrected chi connectivity index (χ0v) is 15.5. The normalized spacial score (nSPS) is 16.8. The third kappa shape index (κ3) is 4.15. The summed E-state index contributed by atoms with van der Waals surface area (Å²) in [5.41, 5.74) is 1.62. The van der Waals surface area contributed by atoms with Gasteiger partial charge in [-0.2, -0.15) is 11.8 Å². The lowest BCUT2D eigenvalue weighted by molar-refractivity contribution is -0.137. The predicted octanol–water partition coefficient (Wildman–Crippen LogP) is 2.51. The quantitative estimate of drug-likeness (QED) is 0.890. The van der Waals surface area contributed by atoms with Crippen LogP contribution in [0.3, 0.4) is 0 Å². The van der Waals surface area contributed by atoms with Crippen LogP contribution in [0.1, 0.15) is 19.8 Å². The molecule has 0 spiro atoms. The largest absolute Gasteiger partial charge is 0.342 e. The first-order valence-electron chi connectivity index (χ1n) is 8.60. The Bertz CT molecular complexity index is 752. The van der Waals surface area contributed by atoms with Crippen LogP contribution in [0.2, 0.25) is 0 Å². The Balaban J connectivity index is 1.53. The minimum atomic E-state index is -0.0432. The van der Waals surface area contributed by atoms with Crippen LogP contribution in [0, 0.1) is 11.8 Å². The van der Waals surface area contributed by atoms with Crippen LogP contribution in [0.4, 0.5) is 5.69 Å². The van der Waals surface area contributed by atoms with Crippen molar-refractivity contribution in [3.8, 4) is 0 Å². The molecule has 0 bridgehead atoms.